The average molecular weight is 339 g/mol. The van der Waals surface area contributed by atoms with Crippen molar-refractivity contribution in [2.24, 2.45) is 0 Å². The van der Waals surface area contributed by atoms with Crippen LogP contribution in [0.15, 0.2) is 28.7 Å². The van der Waals surface area contributed by atoms with Crippen LogP contribution in [0.2, 0.25) is 0 Å². The number of benzene rings is 1. The van der Waals surface area contributed by atoms with Crippen LogP contribution >= 0.6 is 15.9 Å². The number of carbonyl (C=O) groups is 2. The van der Waals surface area contributed by atoms with Crippen LogP contribution in [0.4, 0.5) is 0 Å². The standard InChI is InChI=1S/C15H19BrN2O2/c16-13-7-3-2-6-12(13)10-14(19)17-11-15(20)18-8-4-1-5-9-18/h2-3,6-7H,1,4-5,8-11H2,(H,17,19). The maximum absolute atomic E-state index is 11.9. The van der Waals surface area contributed by atoms with Crippen LogP contribution in [0.5, 0.6) is 0 Å². The molecule has 1 aromatic carbocycles. The molecule has 0 radical (unpaired) electrons. The second-order valence-electron chi connectivity index (χ2n) is 4.99. The molecule has 1 saturated heterocycles. The second-order valence-corrected chi connectivity index (χ2v) is 5.84. The Morgan fingerprint density at radius 1 is 1.15 bits per heavy atom. The van der Waals surface area contributed by atoms with Gasteiger partial charge in [0.05, 0.1) is 13.0 Å². The van der Waals surface area contributed by atoms with Crippen molar-refractivity contribution in [3.05, 3.63) is 34.3 Å². The van der Waals surface area contributed by atoms with E-state index >= 15 is 0 Å². The first-order valence-corrected chi connectivity index (χ1v) is 7.74. The van der Waals surface area contributed by atoms with Gasteiger partial charge in [0.1, 0.15) is 0 Å². The zero-order chi connectivity index (χ0) is 14.4. The number of piperidine rings is 1. The highest BCUT2D eigenvalue weighted by Crippen LogP contribution is 2.16. The largest absolute Gasteiger partial charge is 0.347 e. The van der Waals surface area contributed by atoms with Crippen molar-refractivity contribution in [1.82, 2.24) is 10.2 Å². The van der Waals surface area contributed by atoms with Crippen molar-refractivity contribution in [2.45, 2.75) is 25.7 Å². The molecule has 2 amide bonds. The molecule has 5 heteroatoms. The molecule has 0 aromatic heterocycles. The van der Waals surface area contributed by atoms with E-state index in [0.717, 1.165) is 36.0 Å². The average Bonchev–Trinajstić information content (AvgIpc) is 2.48. The maximum atomic E-state index is 11.9. The summed E-state index contributed by atoms with van der Waals surface area (Å²) >= 11 is 3.41. The lowest BCUT2D eigenvalue weighted by Crippen LogP contribution is -2.42. The molecule has 0 saturated carbocycles. The Bertz CT molecular complexity index is 485. The van der Waals surface area contributed by atoms with Gasteiger partial charge in [-0.15, -0.1) is 0 Å². The van der Waals surface area contributed by atoms with Gasteiger partial charge in [0, 0.05) is 17.6 Å². The molecule has 0 bridgehead atoms. The first kappa shape index (κ1) is 15.0. The fourth-order valence-corrected chi connectivity index (χ4v) is 2.73. The van der Waals surface area contributed by atoms with E-state index < -0.39 is 0 Å². The molecule has 20 heavy (non-hydrogen) atoms. The summed E-state index contributed by atoms with van der Waals surface area (Å²) in [7, 11) is 0. The topological polar surface area (TPSA) is 49.4 Å². The molecular weight excluding hydrogens is 320 g/mol. The Kier molecular flexibility index (Phi) is 5.59. The van der Waals surface area contributed by atoms with Crippen LogP contribution in [0, 0.1) is 0 Å². The zero-order valence-electron chi connectivity index (χ0n) is 11.4. The van der Waals surface area contributed by atoms with Crippen LogP contribution in [0.1, 0.15) is 24.8 Å². The van der Waals surface area contributed by atoms with Gasteiger partial charge in [0.25, 0.3) is 0 Å². The summed E-state index contributed by atoms with van der Waals surface area (Å²) in [5.41, 5.74) is 0.926. The number of hydrogen-bond donors (Lipinski definition) is 1. The van der Waals surface area contributed by atoms with E-state index in [1.807, 2.05) is 29.2 Å². The Morgan fingerprint density at radius 3 is 2.55 bits per heavy atom. The minimum atomic E-state index is -0.123. The number of halogens is 1. The van der Waals surface area contributed by atoms with Crippen molar-refractivity contribution >= 4 is 27.7 Å². The third-order valence-electron chi connectivity index (χ3n) is 3.45. The number of nitrogens with zero attached hydrogens (tertiary/aromatic N) is 1. The molecular formula is C15H19BrN2O2. The quantitative estimate of drug-likeness (QED) is 0.914. The molecule has 1 aromatic rings. The van der Waals surface area contributed by atoms with E-state index in [1.54, 1.807) is 0 Å². The van der Waals surface area contributed by atoms with E-state index in [4.69, 9.17) is 0 Å². The lowest BCUT2D eigenvalue weighted by Gasteiger charge is -2.26. The summed E-state index contributed by atoms with van der Waals surface area (Å²) in [6.45, 7) is 1.74. The molecule has 1 aliphatic heterocycles. The molecule has 1 N–H and O–H groups in total. The van der Waals surface area contributed by atoms with Gasteiger partial charge in [-0.25, -0.2) is 0 Å². The number of carbonyl (C=O) groups excluding carboxylic acids is 2. The summed E-state index contributed by atoms with van der Waals surface area (Å²) < 4.78 is 0.914. The van der Waals surface area contributed by atoms with Gasteiger partial charge < -0.3 is 10.2 Å². The molecule has 1 heterocycles. The van der Waals surface area contributed by atoms with E-state index in [0.29, 0.717) is 0 Å². The summed E-state index contributed by atoms with van der Waals surface area (Å²) in [6, 6.07) is 7.61. The fourth-order valence-electron chi connectivity index (χ4n) is 2.31. The zero-order valence-corrected chi connectivity index (χ0v) is 13.0. The number of likely N-dealkylation sites (tertiary alicyclic amines) is 1. The monoisotopic (exact) mass is 338 g/mol. The lowest BCUT2D eigenvalue weighted by molar-refractivity contribution is -0.133. The normalized spacial score (nSPS) is 14.9. The van der Waals surface area contributed by atoms with Gasteiger partial charge in [-0.3, -0.25) is 9.59 Å². The predicted octanol–water partition coefficient (Wildman–Crippen LogP) is 2.12. The number of nitrogens with one attached hydrogen (secondary N) is 1. The highest BCUT2D eigenvalue weighted by atomic mass is 79.9. The number of hydrogen-bond acceptors (Lipinski definition) is 2. The summed E-state index contributed by atoms with van der Waals surface area (Å²) in [5, 5.41) is 2.70. The molecule has 0 atom stereocenters. The van der Waals surface area contributed by atoms with E-state index in [9.17, 15) is 9.59 Å². The third-order valence-corrected chi connectivity index (χ3v) is 4.23. The fraction of sp³-hybridized carbons (Fsp3) is 0.467. The Balaban J connectivity index is 1.77. The smallest absolute Gasteiger partial charge is 0.241 e. The highest BCUT2D eigenvalue weighted by Gasteiger charge is 2.17. The van der Waals surface area contributed by atoms with Crippen LogP contribution in [0.25, 0.3) is 0 Å². The first-order valence-electron chi connectivity index (χ1n) is 6.94. The van der Waals surface area contributed by atoms with Gasteiger partial charge in [-0.1, -0.05) is 34.1 Å². The van der Waals surface area contributed by atoms with E-state index in [1.165, 1.54) is 6.42 Å². The van der Waals surface area contributed by atoms with Crippen molar-refractivity contribution in [3.8, 4) is 0 Å². The van der Waals surface area contributed by atoms with Crippen LogP contribution in [0.3, 0.4) is 0 Å². The van der Waals surface area contributed by atoms with Crippen LogP contribution in [-0.4, -0.2) is 36.3 Å². The van der Waals surface area contributed by atoms with Crippen molar-refractivity contribution in [2.75, 3.05) is 19.6 Å². The SMILES string of the molecule is O=C(Cc1ccccc1Br)NCC(=O)N1CCCCC1. The van der Waals surface area contributed by atoms with E-state index in [-0.39, 0.29) is 24.8 Å². The lowest BCUT2D eigenvalue weighted by atomic mass is 10.1. The maximum Gasteiger partial charge on any atom is 0.241 e. The van der Waals surface area contributed by atoms with Crippen molar-refractivity contribution in [1.29, 1.82) is 0 Å². The van der Waals surface area contributed by atoms with Crippen LogP contribution in [-0.2, 0) is 16.0 Å². The molecule has 1 fully saturated rings. The van der Waals surface area contributed by atoms with Gasteiger partial charge in [0.15, 0.2) is 0 Å². The Morgan fingerprint density at radius 2 is 1.85 bits per heavy atom. The van der Waals surface area contributed by atoms with Crippen molar-refractivity contribution in [3.63, 3.8) is 0 Å². The van der Waals surface area contributed by atoms with Gasteiger partial charge in [-0.2, -0.15) is 0 Å². The highest BCUT2D eigenvalue weighted by molar-refractivity contribution is 9.10. The molecule has 0 unspecified atom stereocenters. The van der Waals surface area contributed by atoms with E-state index in [2.05, 4.69) is 21.2 Å². The number of rotatable bonds is 4. The minimum Gasteiger partial charge on any atom is -0.347 e. The van der Waals surface area contributed by atoms with Gasteiger partial charge in [-0.05, 0) is 30.9 Å². The van der Waals surface area contributed by atoms with Crippen LogP contribution < -0.4 is 5.32 Å². The first-order chi connectivity index (χ1) is 9.66. The number of amides is 2. The molecule has 2 rings (SSSR count). The summed E-state index contributed by atoms with van der Waals surface area (Å²) in [5.74, 6) is -0.104. The molecule has 0 aliphatic carbocycles. The molecule has 108 valence electrons. The summed E-state index contributed by atoms with van der Waals surface area (Å²) in [6.07, 6.45) is 3.61. The minimum absolute atomic E-state index is 0.0187. The molecule has 1 aliphatic rings. The predicted molar refractivity (Wildman–Crippen MR) is 81.3 cm³/mol. The second kappa shape index (κ2) is 7.43. The van der Waals surface area contributed by atoms with Crippen molar-refractivity contribution < 1.29 is 9.59 Å². The molecule has 4 nitrogen and oxygen atoms in total. The molecule has 0 spiro atoms. The Labute approximate surface area is 127 Å². The Hall–Kier alpha value is -1.36. The van der Waals surface area contributed by atoms with Gasteiger partial charge >= 0.3 is 0 Å². The summed E-state index contributed by atoms with van der Waals surface area (Å²) in [4.78, 5) is 25.6. The third kappa shape index (κ3) is 4.34. The van der Waals surface area contributed by atoms with Gasteiger partial charge in [0.2, 0.25) is 11.8 Å².